The van der Waals surface area contributed by atoms with Gasteiger partial charge in [-0.05, 0) is 30.5 Å². The summed E-state index contributed by atoms with van der Waals surface area (Å²) in [7, 11) is -4.80. The van der Waals surface area contributed by atoms with Gasteiger partial charge in [-0.15, -0.1) is 4.28 Å². The molecule has 0 unspecified atom stereocenters. The number of rotatable bonds is 5. The summed E-state index contributed by atoms with van der Waals surface area (Å²) in [5.74, 6) is -0.374. The normalized spacial score (nSPS) is 23.0. The third kappa shape index (κ3) is 3.74. The molecule has 1 aromatic carbocycles. The second-order valence-corrected chi connectivity index (χ2v) is 6.90. The molecular weight excluding hydrogens is 352 g/mol. The fourth-order valence-corrected chi connectivity index (χ4v) is 3.44. The number of hydroxylamine groups is 2. The molecule has 11 heteroatoms. The van der Waals surface area contributed by atoms with Crippen molar-refractivity contribution >= 4 is 28.0 Å². The summed E-state index contributed by atoms with van der Waals surface area (Å²) < 4.78 is 34.8. The van der Waals surface area contributed by atoms with Crippen molar-refractivity contribution in [3.63, 3.8) is 0 Å². The van der Waals surface area contributed by atoms with Crippen molar-refractivity contribution in [3.05, 3.63) is 29.8 Å². The molecule has 2 heterocycles. The van der Waals surface area contributed by atoms with Crippen molar-refractivity contribution in [1.82, 2.24) is 9.96 Å². The van der Waals surface area contributed by atoms with E-state index in [0.717, 1.165) is 5.56 Å². The highest BCUT2D eigenvalue weighted by atomic mass is 32.3. The van der Waals surface area contributed by atoms with Crippen LogP contribution < -0.4 is 11.1 Å². The summed E-state index contributed by atoms with van der Waals surface area (Å²) in [5, 5.41) is 3.34. The number of urea groups is 1. The van der Waals surface area contributed by atoms with Crippen LogP contribution in [0, 0.1) is 0 Å². The zero-order chi connectivity index (χ0) is 18.2. The first-order chi connectivity index (χ1) is 11.8. The molecule has 3 rings (SSSR count). The number of anilines is 1. The zero-order valence-electron chi connectivity index (χ0n) is 13.2. The van der Waals surface area contributed by atoms with Crippen LogP contribution in [0.2, 0.25) is 0 Å². The van der Waals surface area contributed by atoms with Crippen LogP contribution in [-0.2, 0) is 26.0 Å². The van der Waals surface area contributed by atoms with Crippen LogP contribution in [0.1, 0.15) is 18.4 Å². The Morgan fingerprint density at radius 3 is 2.60 bits per heavy atom. The highest BCUT2D eigenvalue weighted by Gasteiger charge is 2.49. The van der Waals surface area contributed by atoms with E-state index in [1.165, 1.54) is 4.90 Å². The fourth-order valence-electron chi connectivity index (χ4n) is 3.05. The number of hydrogen-bond acceptors (Lipinski definition) is 6. The van der Waals surface area contributed by atoms with E-state index in [9.17, 15) is 18.0 Å². The van der Waals surface area contributed by atoms with E-state index in [1.54, 1.807) is 24.3 Å². The molecule has 2 saturated heterocycles. The fraction of sp³-hybridized carbons (Fsp3) is 0.429. The molecule has 2 aliphatic heterocycles. The summed E-state index contributed by atoms with van der Waals surface area (Å²) >= 11 is 0. The van der Waals surface area contributed by atoms with E-state index in [-0.39, 0.29) is 12.5 Å². The Bertz CT molecular complexity index is 781. The molecular formula is C14H18N4O6S. The monoisotopic (exact) mass is 370 g/mol. The minimum atomic E-state index is -4.80. The van der Waals surface area contributed by atoms with E-state index in [0.29, 0.717) is 30.1 Å². The number of amides is 3. The molecule has 2 aliphatic rings. The molecule has 25 heavy (non-hydrogen) atoms. The quantitative estimate of drug-likeness (QED) is 0.623. The minimum Gasteiger partial charge on any atom is -0.326 e. The first-order valence-electron chi connectivity index (χ1n) is 7.65. The van der Waals surface area contributed by atoms with Gasteiger partial charge in [0.2, 0.25) is 5.91 Å². The Kier molecular flexibility index (Phi) is 4.64. The Labute approximate surface area is 144 Å². The lowest BCUT2D eigenvalue weighted by Crippen LogP contribution is -2.47. The highest BCUT2D eigenvalue weighted by molar-refractivity contribution is 7.80. The lowest BCUT2D eigenvalue weighted by atomic mass is 10.00. The lowest BCUT2D eigenvalue weighted by Gasteiger charge is -2.29. The maximum atomic E-state index is 12.5. The van der Waals surface area contributed by atoms with Gasteiger partial charge < -0.3 is 16.0 Å². The van der Waals surface area contributed by atoms with E-state index < -0.39 is 28.5 Å². The van der Waals surface area contributed by atoms with E-state index in [2.05, 4.69) is 9.60 Å². The molecule has 2 fully saturated rings. The maximum Gasteiger partial charge on any atom is 0.418 e. The number of carbonyl (C=O) groups is 2. The van der Waals surface area contributed by atoms with Crippen molar-refractivity contribution in [1.29, 1.82) is 0 Å². The van der Waals surface area contributed by atoms with Crippen LogP contribution in [0.4, 0.5) is 10.5 Å². The smallest absolute Gasteiger partial charge is 0.326 e. The first-order valence-corrected chi connectivity index (χ1v) is 9.01. The zero-order valence-corrected chi connectivity index (χ0v) is 14.0. The molecule has 2 bridgehead atoms. The van der Waals surface area contributed by atoms with Gasteiger partial charge in [0.05, 0.1) is 6.04 Å². The van der Waals surface area contributed by atoms with E-state index >= 15 is 0 Å². The topological polar surface area (TPSA) is 142 Å². The van der Waals surface area contributed by atoms with Crippen LogP contribution in [0.5, 0.6) is 0 Å². The lowest BCUT2D eigenvalue weighted by molar-refractivity contribution is -0.120. The number of piperidine rings is 1. The van der Waals surface area contributed by atoms with Crippen LogP contribution in [-0.4, -0.2) is 53.5 Å². The summed E-state index contributed by atoms with van der Waals surface area (Å²) in [5.41, 5.74) is 7.02. The molecule has 10 nitrogen and oxygen atoms in total. The predicted molar refractivity (Wildman–Crippen MR) is 86.3 cm³/mol. The van der Waals surface area contributed by atoms with Crippen molar-refractivity contribution in [2.45, 2.75) is 31.5 Å². The van der Waals surface area contributed by atoms with Crippen molar-refractivity contribution < 1.29 is 26.8 Å². The molecule has 0 radical (unpaired) electrons. The molecule has 0 saturated carbocycles. The van der Waals surface area contributed by atoms with Crippen LogP contribution in [0.3, 0.4) is 0 Å². The molecule has 0 aliphatic carbocycles. The van der Waals surface area contributed by atoms with Crippen molar-refractivity contribution in [3.8, 4) is 0 Å². The summed E-state index contributed by atoms with van der Waals surface area (Å²) in [6.45, 7) is 0.544. The summed E-state index contributed by atoms with van der Waals surface area (Å²) in [4.78, 5) is 26.0. The molecule has 2 atom stereocenters. The van der Waals surface area contributed by atoms with Crippen molar-refractivity contribution in [2.24, 2.45) is 5.73 Å². The average Bonchev–Trinajstić information content (AvgIpc) is 2.79. The van der Waals surface area contributed by atoms with Gasteiger partial charge in [-0.25, -0.2) is 4.79 Å². The number of fused-ring (bicyclic) bond motifs is 2. The van der Waals surface area contributed by atoms with Gasteiger partial charge in [-0.1, -0.05) is 12.1 Å². The number of nitrogens with zero attached hydrogens (tertiary/aromatic N) is 2. The highest BCUT2D eigenvalue weighted by Crippen LogP contribution is 2.31. The van der Waals surface area contributed by atoms with Crippen LogP contribution >= 0.6 is 0 Å². The Hall–Kier alpha value is -2.21. The van der Waals surface area contributed by atoms with Gasteiger partial charge in [0.1, 0.15) is 6.04 Å². The first kappa shape index (κ1) is 17.6. The number of hydrogen-bond donors (Lipinski definition) is 3. The van der Waals surface area contributed by atoms with Crippen molar-refractivity contribution in [2.75, 3.05) is 11.9 Å². The molecule has 0 aromatic heterocycles. The SMILES string of the molecule is NCc1ccc(NC(=O)[C@@H]2CC[C@@H]3CN2C(=O)N3OS(=O)(=O)O)cc1. The van der Waals surface area contributed by atoms with Gasteiger partial charge in [0.15, 0.2) is 0 Å². The average molecular weight is 370 g/mol. The summed E-state index contributed by atoms with van der Waals surface area (Å²) in [6.07, 6.45) is 0.733. The van der Waals surface area contributed by atoms with Gasteiger partial charge in [0, 0.05) is 18.8 Å². The summed E-state index contributed by atoms with van der Waals surface area (Å²) in [6, 6.07) is 4.97. The van der Waals surface area contributed by atoms with Gasteiger partial charge >= 0.3 is 16.4 Å². The maximum absolute atomic E-state index is 12.5. The Morgan fingerprint density at radius 2 is 2.00 bits per heavy atom. The molecule has 1 aromatic rings. The third-order valence-corrected chi connectivity index (χ3v) is 4.61. The van der Waals surface area contributed by atoms with Crippen LogP contribution in [0.25, 0.3) is 0 Å². The minimum absolute atomic E-state index is 0.151. The third-order valence-electron chi connectivity index (χ3n) is 4.26. The second kappa shape index (κ2) is 6.59. The Balaban J connectivity index is 1.69. The van der Waals surface area contributed by atoms with E-state index in [4.69, 9.17) is 10.3 Å². The van der Waals surface area contributed by atoms with Gasteiger partial charge in [-0.3, -0.25) is 9.35 Å². The standard InChI is InChI=1S/C14H18N4O6S/c15-7-9-1-3-10(4-2-9)16-13(19)12-6-5-11-8-17(12)14(20)18(11)24-25(21,22)23/h1-4,11-12H,5-8,15H2,(H,16,19)(H,21,22,23)/t11-,12+/m1/s1. The predicted octanol–water partition coefficient (Wildman–Crippen LogP) is 0.0868. The van der Waals surface area contributed by atoms with E-state index in [1.807, 2.05) is 0 Å². The molecule has 136 valence electrons. The molecule has 4 N–H and O–H groups in total. The second-order valence-electron chi connectivity index (χ2n) is 5.90. The Morgan fingerprint density at radius 1 is 1.32 bits per heavy atom. The van der Waals surface area contributed by atoms with Gasteiger partial charge in [0.25, 0.3) is 0 Å². The number of nitrogens with two attached hydrogens (primary N) is 1. The number of benzene rings is 1. The largest absolute Gasteiger partial charge is 0.418 e. The molecule has 0 spiro atoms. The molecule has 3 amide bonds. The number of nitrogens with one attached hydrogen (secondary N) is 1. The van der Waals surface area contributed by atoms with Crippen LogP contribution in [0.15, 0.2) is 24.3 Å². The number of carbonyl (C=O) groups excluding carboxylic acids is 2. The van der Waals surface area contributed by atoms with Gasteiger partial charge in [-0.2, -0.15) is 13.5 Å².